The van der Waals surface area contributed by atoms with Crippen molar-refractivity contribution in [1.29, 1.82) is 0 Å². The topological polar surface area (TPSA) is 87.0 Å². The van der Waals surface area contributed by atoms with Crippen molar-refractivity contribution in [3.05, 3.63) is 83.9 Å². The second-order valence-electron chi connectivity index (χ2n) is 6.61. The summed E-state index contributed by atoms with van der Waals surface area (Å²) in [5.74, 6) is -0.977. The number of benzene rings is 3. The van der Waals surface area contributed by atoms with Crippen molar-refractivity contribution in [3.8, 4) is 23.0 Å². The third-order valence-corrected chi connectivity index (χ3v) is 6.76. The van der Waals surface area contributed by atoms with Crippen molar-refractivity contribution in [2.45, 2.75) is 6.42 Å². The van der Waals surface area contributed by atoms with E-state index in [1.807, 2.05) is 30.3 Å². The van der Waals surface area contributed by atoms with E-state index in [0.29, 0.717) is 19.0 Å². The molecule has 0 saturated carbocycles. The summed E-state index contributed by atoms with van der Waals surface area (Å²) in [6, 6.07) is 12.3. The molecular weight excluding hydrogens is 584 g/mol. The molecule has 30 heavy (non-hydrogen) atoms. The monoisotopic (exact) mass is 594 g/mol. The molecule has 0 aliphatic carbocycles. The zero-order chi connectivity index (χ0) is 21.6. The molecule has 0 radical (unpaired) electrons. The Balaban J connectivity index is 1.77. The first kappa shape index (κ1) is 21.0. The fourth-order valence-electron chi connectivity index (χ4n) is 3.19. The van der Waals surface area contributed by atoms with Crippen LogP contribution in [0.15, 0.2) is 61.6 Å². The fraction of sp³-hybridized carbons (Fsp3) is 0.0455. The molecule has 0 fully saturated rings. The van der Waals surface area contributed by atoms with Gasteiger partial charge in [0.1, 0.15) is 28.6 Å². The normalized spacial score (nSPS) is 14.1. The van der Waals surface area contributed by atoms with Gasteiger partial charge in [0, 0.05) is 28.1 Å². The van der Waals surface area contributed by atoms with E-state index in [-0.39, 0.29) is 46.3 Å². The van der Waals surface area contributed by atoms with Crippen LogP contribution in [0.1, 0.15) is 27.0 Å². The summed E-state index contributed by atoms with van der Waals surface area (Å²) in [6.07, 6.45) is 1.71. The number of ether oxygens (including phenoxy) is 1. The zero-order valence-corrected chi connectivity index (χ0v) is 19.9. The lowest BCUT2D eigenvalue weighted by Crippen LogP contribution is -2.00. The average molecular weight is 597 g/mol. The van der Waals surface area contributed by atoms with E-state index in [0.717, 1.165) is 5.56 Å². The van der Waals surface area contributed by atoms with Gasteiger partial charge in [0.2, 0.25) is 5.78 Å². The number of carbonyl (C=O) groups excluding carboxylic acids is 1. The van der Waals surface area contributed by atoms with Gasteiger partial charge in [0.25, 0.3) is 0 Å². The maximum Gasteiger partial charge on any atom is 0.235 e. The molecule has 3 aromatic rings. The maximum atomic E-state index is 13.0. The highest BCUT2D eigenvalue weighted by Crippen LogP contribution is 2.46. The molecule has 5 nitrogen and oxygen atoms in total. The number of rotatable bonds is 3. The Labute approximate surface area is 197 Å². The van der Waals surface area contributed by atoms with Crippen molar-refractivity contribution in [2.75, 3.05) is 0 Å². The summed E-state index contributed by atoms with van der Waals surface area (Å²) in [4.78, 5) is 13.0. The molecule has 0 aromatic heterocycles. The van der Waals surface area contributed by atoms with E-state index in [9.17, 15) is 20.1 Å². The first-order valence-corrected chi connectivity index (χ1v) is 11.1. The lowest BCUT2D eigenvalue weighted by Gasteiger charge is -2.10. The van der Waals surface area contributed by atoms with E-state index in [4.69, 9.17) is 4.74 Å². The number of carbonyl (C=O) groups is 1. The molecule has 0 amide bonds. The van der Waals surface area contributed by atoms with Crippen LogP contribution in [0.3, 0.4) is 0 Å². The molecule has 1 aliphatic heterocycles. The molecule has 0 spiro atoms. The third kappa shape index (κ3) is 3.64. The predicted octanol–water partition coefficient (Wildman–Crippen LogP) is 6.30. The summed E-state index contributed by atoms with van der Waals surface area (Å²) in [5, 5.41) is 31.3. The van der Waals surface area contributed by atoms with Crippen LogP contribution in [0.5, 0.6) is 23.0 Å². The summed E-state index contributed by atoms with van der Waals surface area (Å²) in [7, 11) is 0. The van der Waals surface area contributed by atoms with Crippen molar-refractivity contribution in [1.82, 2.24) is 0 Å². The van der Waals surface area contributed by atoms with Crippen molar-refractivity contribution in [3.63, 3.8) is 0 Å². The van der Waals surface area contributed by atoms with Gasteiger partial charge in [-0.25, -0.2) is 0 Å². The molecule has 8 heteroatoms. The van der Waals surface area contributed by atoms with Gasteiger partial charge in [0.15, 0.2) is 5.76 Å². The van der Waals surface area contributed by atoms with Gasteiger partial charge >= 0.3 is 0 Å². The molecule has 152 valence electrons. The number of allylic oxidation sites excluding steroid dienone is 1. The number of phenols is 3. The highest BCUT2D eigenvalue weighted by Gasteiger charge is 2.34. The zero-order valence-electron chi connectivity index (χ0n) is 15.1. The van der Waals surface area contributed by atoms with E-state index >= 15 is 0 Å². The lowest BCUT2D eigenvalue weighted by atomic mass is 9.98. The van der Waals surface area contributed by atoms with Crippen molar-refractivity contribution < 1.29 is 24.9 Å². The van der Waals surface area contributed by atoms with Crippen LogP contribution in [0, 0.1) is 0 Å². The van der Waals surface area contributed by atoms with E-state index < -0.39 is 5.78 Å². The highest BCUT2D eigenvalue weighted by atomic mass is 79.9. The van der Waals surface area contributed by atoms with Gasteiger partial charge in [-0.05, 0) is 49.6 Å². The Morgan fingerprint density at radius 2 is 1.63 bits per heavy atom. The van der Waals surface area contributed by atoms with Gasteiger partial charge in [-0.3, -0.25) is 4.79 Å². The summed E-state index contributed by atoms with van der Waals surface area (Å²) < 4.78 is 7.07. The van der Waals surface area contributed by atoms with Crippen LogP contribution < -0.4 is 4.74 Å². The van der Waals surface area contributed by atoms with Crippen LogP contribution in [-0.4, -0.2) is 21.1 Å². The van der Waals surface area contributed by atoms with E-state index in [1.165, 1.54) is 12.1 Å². The smallest absolute Gasteiger partial charge is 0.235 e. The highest BCUT2D eigenvalue weighted by molar-refractivity contribution is 9.11. The van der Waals surface area contributed by atoms with Gasteiger partial charge < -0.3 is 20.1 Å². The Hall–Kier alpha value is -2.29. The average Bonchev–Trinajstić information content (AvgIpc) is 3.02. The summed E-state index contributed by atoms with van der Waals surface area (Å²) in [5.41, 5.74) is 1.61. The minimum absolute atomic E-state index is 0.00133. The Morgan fingerprint density at radius 1 is 0.933 bits per heavy atom. The summed E-state index contributed by atoms with van der Waals surface area (Å²) in [6.45, 7) is 0. The maximum absolute atomic E-state index is 13.0. The molecule has 0 bridgehead atoms. The number of aromatic hydroxyl groups is 3. The second kappa shape index (κ2) is 8.09. The largest absolute Gasteiger partial charge is 0.507 e. The minimum atomic E-state index is -0.516. The third-order valence-electron chi connectivity index (χ3n) is 4.70. The van der Waals surface area contributed by atoms with Crippen LogP contribution in [0.25, 0.3) is 6.08 Å². The Morgan fingerprint density at radius 3 is 2.33 bits per heavy atom. The number of Topliss-reactive ketones (excluding diaryl/α,β-unsaturated/α-hetero) is 1. The van der Waals surface area contributed by atoms with Gasteiger partial charge in [-0.2, -0.15) is 0 Å². The molecule has 3 N–H and O–H groups in total. The molecular formula is C22H13Br3O5. The standard InChI is InChI=1S/C22H13Br3O5/c23-13-8-14(24)21(28)19(25)11(13)7-17-22(29)18-16(30-17)9-15(26)12(20(18)27)6-10-4-2-1-3-5-10/h1-5,7-9,26-28H,6H2/b17-7-. The van der Waals surface area contributed by atoms with Crippen LogP contribution >= 0.6 is 47.8 Å². The number of phenolic OH excluding ortho intramolecular Hbond substituents is 3. The second-order valence-corrected chi connectivity index (χ2v) is 9.12. The van der Waals surface area contributed by atoms with Crippen LogP contribution in [0.2, 0.25) is 0 Å². The Bertz CT molecular complexity index is 1220. The van der Waals surface area contributed by atoms with Crippen LogP contribution in [0.4, 0.5) is 0 Å². The van der Waals surface area contributed by atoms with Gasteiger partial charge in [0.05, 0.1) is 8.95 Å². The van der Waals surface area contributed by atoms with Gasteiger partial charge in [-0.15, -0.1) is 0 Å². The SMILES string of the molecule is O=C1/C(=C/c2c(Br)cc(Br)c(O)c2Br)Oc2cc(O)c(Cc3ccccc3)c(O)c21. The molecule has 0 saturated heterocycles. The number of hydrogen-bond donors (Lipinski definition) is 3. The number of hydrogen-bond acceptors (Lipinski definition) is 5. The lowest BCUT2D eigenvalue weighted by molar-refractivity contribution is 0.101. The predicted molar refractivity (Wildman–Crippen MR) is 123 cm³/mol. The van der Waals surface area contributed by atoms with E-state index in [2.05, 4.69) is 47.8 Å². The van der Waals surface area contributed by atoms with Crippen molar-refractivity contribution in [2.24, 2.45) is 0 Å². The first-order valence-electron chi connectivity index (χ1n) is 8.70. The van der Waals surface area contributed by atoms with Crippen LogP contribution in [-0.2, 0) is 6.42 Å². The quantitative estimate of drug-likeness (QED) is 0.309. The fourth-order valence-corrected chi connectivity index (χ4v) is 5.54. The van der Waals surface area contributed by atoms with Crippen molar-refractivity contribution >= 4 is 59.6 Å². The molecule has 4 rings (SSSR count). The van der Waals surface area contributed by atoms with Gasteiger partial charge in [-0.1, -0.05) is 46.3 Å². The first-order chi connectivity index (χ1) is 14.3. The number of halogens is 3. The van der Waals surface area contributed by atoms with E-state index in [1.54, 1.807) is 6.07 Å². The molecule has 0 unspecified atom stereocenters. The molecule has 1 heterocycles. The molecule has 3 aromatic carbocycles. The minimum Gasteiger partial charge on any atom is -0.507 e. The number of fused-ring (bicyclic) bond motifs is 1. The number of ketones is 1. The summed E-state index contributed by atoms with van der Waals surface area (Å²) >= 11 is 9.95. The molecule has 1 aliphatic rings. The molecule has 0 atom stereocenters. The Kier molecular flexibility index (Phi) is 5.65.